The van der Waals surface area contributed by atoms with Gasteiger partial charge >= 0.3 is 5.97 Å². The molecular formula is C25H35BrO4Si. The average Bonchev–Trinajstić information content (AvgIpc) is 2.64. The van der Waals surface area contributed by atoms with E-state index in [0.29, 0.717) is 22.4 Å². The Kier molecular flexibility index (Phi) is 8.14. The van der Waals surface area contributed by atoms with Crippen molar-refractivity contribution >= 4 is 36.0 Å². The Labute approximate surface area is 196 Å². The Bertz CT molecular complexity index is 865. The maximum atomic E-state index is 12.5. The molecule has 2 rings (SSSR count). The highest BCUT2D eigenvalue weighted by Gasteiger charge is 2.48. The first-order chi connectivity index (χ1) is 14.3. The molecule has 0 radical (unpaired) electrons. The third-order valence-corrected chi connectivity index (χ3v) is 13.4. The Morgan fingerprint density at radius 2 is 1.61 bits per heavy atom. The lowest BCUT2D eigenvalue weighted by molar-refractivity contribution is -0.131. The number of hydrogen-bond acceptors (Lipinski definition) is 4. The molecule has 0 aliphatic heterocycles. The number of hydrogen-bond donors (Lipinski definition) is 0. The second kappa shape index (κ2) is 9.86. The van der Waals surface area contributed by atoms with Crippen molar-refractivity contribution in [1.29, 1.82) is 0 Å². The number of alkyl halides is 1. The molecule has 0 spiro atoms. The van der Waals surface area contributed by atoms with Crippen molar-refractivity contribution in [3.05, 3.63) is 53.8 Å². The number of carbonyl (C=O) groups is 2. The van der Waals surface area contributed by atoms with Crippen molar-refractivity contribution < 1.29 is 18.8 Å². The first-order valence-corrected chi connectivity index (χ1v) is 13.9. The van der Waals surface area contributed by atoms with Crippen LogP contribution < -0.4 is 4.74 Å². The summed E-state index contributed by atoms with van der Waals surface area (Å²) in [7, 11) is -2.16. The van der Waals surface area contributed by atoms with Crippen LogP contribution in [0.3, 0.4) is 0 Å². The molecule has 0 saturated heterocycles. The molecular weight excluding hydrogens is 472 g/mol. The zero-order valence-electron chi connectivity index (χ0n) is 19.9. The zero-order chi connectivity index (χ0) is 23.6. The van der Waals surface area contributed by atoms with Gasteiger partial charge in [-0.2, -0.15) is 0 Å². The van der Waals surface area contributed by atoms with E-state index in [0.717, 1.165) is 11.3 Å². The van der Waals surface area contributed by atoms with Crippen molar-refractivity contribution in [2.45, 2.75) is 76.3 Å². The molecule has 1 aromatic rings. The predicted octanol–water partition coefficient (Wildman–Crippen LogP) is 7.05. The molecule has 0 aromatic heterocycles. The summed E-state index contributed by atoms with van der Waals surface area (Å²) in [6.45, 7) is 16.5. The maximum absolute atomic E-state index is 12.5. The van der Waals surface area contributed by atoms with E-state index in [1.54, 1.807) is 19.1 Å². The van der Waals surface area contributed by atoms with E-state index in [1.165, 1.54) is 6.92 Å². The third kappa shape index (κ3) is 5.22. The Morgan fingerprint density at radius 1 is 1.03 bits per heavy atom. The van der Waals surface area contributed by atoms with Crippen LogP contribution in [0.5, 0.6) is 5.75 Å². The van der Waals surface area contributed by atoms with E-state index in [-0.39, 0.29) is 11.8 Å². The first-order valence-electron chi connectivity index (χ1n) is 10.9. The van der Waals surface area contributed by atoms with Gasteiger partial charge in [0, 0.05) is 6.92 Å². The Morgan fingerprint density at radius 3 is 2.10 bits per heavy atom. The molecule has 0 bridgehead atoms. The number of ether oxygens (including phenoxy) is 1. The van der Waals surface area contributed by atoms with E-state index in [4.69, 9.17) is 9.16 Å². The summed E-state index contributed by atoms with van der Waals surface area (Å²) in [4.78, 5) is 24.0. The summed E-state index contributed by atoms with van der Waals surface area (Å²) in [6.07, 6.45) is 5.88. The van der Waals surface area contributed by atoms with Crippen LogP contribution in [0.15, 0.2) is 48.3 Å². The van der Waals surface area contributed by atoms with Gasteiger partial charge in [-0.15, -0.1) is 0 Å². The van der Waals surface area contributed by atoms with Gasteiger partial charge < -0.3 is 9.16 Å². The van der Waals surface area contributed by atoms with Crippen molar-refractivity contribution in [1.82, 2.24) is 0 Å². The van der Waals surface area contributed by atoms with Crippen molar-refractivity contribution in [2.24, 2.45) is 5.92 Å². The van der Waals surface area contributed by atoms with Crippen molar-refractivity contribution in [2.75, 3.05) is 0 Å². The van der Waals surface area contributed by atoms with E-state index >= 15 is 0 Å². The van der Waals surface area contributed by atoms with Crippen molar-refractivity contribution in [3.8, 4) is 5.75 Å². The highest BCUT2D eigenvalue weighted by Crippen LogP contribution is 2.49. The summed E-state index contributed by atoms with van der Waals surface area (Å²) >= 11 is 3.88. The van der Waals surface area contributed by atoms with E-state index in [9.17, 15) is 9.59 Å². The number of carbonyl (C=O) groups excluding carboxylic acids is 2. The summed E-state index contributed by atoms with van der Waals surface area (Å²) in [6, 6.07) is 7.30. The van der Waals surface area contributed by atoms with Crippen LogP contribution >= 0.6 is 15.9 Å². The lowest BCUT2D eigenvalue weighted by Gasteiger charge is -2.44. The molecule has 1 aromatic carbocycles. The SMILES string of the molecule is CC(=O)Oc1cccc(C2(Br)C=C(O[Si](C(C)C)(C(C)C)C(C)C)C=CC2C(C)=O)c1. The summed E-state index contributed by atoms with van der Waals surface area (Å²) in [5, 5.41) is 0. The number of halogens is 1. The second-order valence-corrected chi connectivity index (χ2v) is 16.0. The minimum atomic E-state index is -2.16. The van der Waals surface area contributed by atoms with E-state index < -0.39 is 18.6 Å². The van der Waals surface area contributed by atoms with Gasteiger partial charge in [0.2, 0.25) is 0 Å². The van der Waals surface area contributed by atoms with E-state index in [1.807, 2.05) is 30.4 Å². The minimum Gasteiger partial charge on any atom is -0.543 e. The van der Waals surface area contributed by atoms with Crippen LogP contribution in [-0.4, -0.2) is 20.1 Å². The normalized spacial score (nSPS) is 21.4. The van der Waals surface area contributed by atoms with Crippen LogP contribution in [-0.2, 0) is 18.3 Å². The maximum Gasteiger partial charge on any atom is 0.308 e. The van der Waals surface area contributed by atoms with Crippen LogP contribution in [0.1, 0.15) is 61.0 Å². The number of allylic oxidation sites excluding steroid dienone is 3. The second-order valence-electron chi connectivity index (χ2n) is 9.30. The molecule has 0 heterocycles. The minimum absolute atomic E-state index is 0.0430. The lowest BCUT2D eigenvalue weighted by atomic mass is 9.80. The molecule has 2 atom stereocenters. The molecule has 6 heteroatoms. The van der Waals surface area contributed by atoms with Crippen LogP contribution in [0.25, 0.3) is 0 Å². The topological polar surface area (TPSA) is 52.6 Å². The molecule has 1 aliphatic carbocycles. The molecule has 31 heavy (non-hydrogen) atoms. The van der Waals surface area contributed by atoms with Crippen LogP contribution in [0, 0.1) is 5.92 Å². The summed E-state index contributed by atoms with van der Waals surface area (Å²) in [5.74, 6) is 0.498. The summed E-state index contributed by atoms with van der Waals surface area (Å²) < 4.78 is 11.4. The molecule has 2 unspecified atom stereocenters. The molecule has 170 valence electrons. The van der Waals surface area contributed by atoms with Gasteiger partial charge in [-0.3, -0.25) is 9.59 Å². The number of esters is 1. The van der Waals surface area contributed by atoms with Crippen molar-refractivity contribution in [3.63, 3.8) is 0 Å². The van der Waals surface area contributed by atoms with Gasteiger partial charge in [-0.25, -0.2) is 0 Å². The van der Waals surface area contributed by atoms with E-state index in [2.05, 4.69) is 57.5 Å². The molecule has 0 fully saturated rings. The number of Topliss-reactive ketones (excluding diaryl/α,β-unsaturated/α-hetero) is 1. The van der Waals surface area contributed by atoms with Gasteiger partial charge in [-0.1, -0.05) is 75.7 Å². The van der Waals surface area contributed by atoms with Crippen LogP contribution in [0.2, 0.25) is 16.6 Å². The quantitative estimate of drug-likeness (QED) is 0.164. The highest BCUT2D eigenvalue weighted by molar-refractivity contribution is 9.09. The molecule has 4 nitrogen and oxygen atoms in total. The molecule has 1 aliphatic rings. The molecule has 0 saturated carbocycles. The number of ketones is 1. The van der Waals surface area contributed by atoms with Crippen LogP contribution in [0.4, 0.5) is 0 Å². The molecule has 0 amide bonds. The monoisotopic (exact) mass is 506 g/mol. The largest absolute Gasteiger partial charge is 0.543 e. The Hall–Kier alpha value is -1.66. The average molecular weight is 508 g/mol. The molecule has 0 N–H and O–H groups in total. The predicted molar refractivity (Wildman–Crippen MR) is 132 cm³/mol. The first kappa shape index (κ1) is 25.6. The third-order valence-electron chi connectivity index (χ3n) is 6.24. The lowest BCUT2D eigenvalue weighted by Crippen LogP contribution is -2.48. The Balaban J connectivity index is 2.58. The van der Waals surface area contributed by atoms with Gasteiger partial charge in [0.05, 0.1) is 10.2 Å². The fraction of sp³-hybridized carbons (Fsp3) is 0.520. The zero-order valence-corrected chi connectivity index (χ0v) is 22.4. The van der Waals surface area contributed by atoms with Gasteiger partial charge in [0.1, 0.15) is 17.3 Å². The van der Waals surface area contributed by atoms with Gasteiger partial charge in [0.25, 0.3) is 8.32 Å². The fourth-order valence-electron chi connectivity index (χ4n) is 4.96. The van der Waals surface area contributed by atoms with Gasteiger partial charge in [0.15, 0.2) is 0 Å². The fourth-order valence-corrected chi connectivity index (χ4v) is 11.1. The number of rotatable bonds is 8. The summed E-state index contributed by atoms with van der Waals surface area (Å²) in [5.41, 5.74) is 2.14. The number of benzene rings is 1. The highest BCUT2D eigenvalue weighted by atomic mass is 79.9. The standard InChI is InChI=1S/C25H35BrO4Si/c1-16(2)31(17(3)4,18(5)6)30-23-12-13-24(19(7)27)25(26,15-23)21-10-9-11-22(14-21)29-20(8)28/h9-18,24H,1-8H3. The smallest absolute Gasteiger partial charge is 0.308 e. The van der Waals surface area contributed by atoms with Gasteiger partial charge in [-0.05, 0) is 53.4 Å².